The van der Waals surface area contributed by atoms with Crippen LogP contribution in [0.4, 0.5) is 0 Å². The Morgan fingerprint density at radius 1 is 1.29 bits per heavy atom. The van der Waals surface area contributed by atoms with Gasteiger partial charge in [0, 0.05) is 12.0 Å². The Balaban J connectivity index is 1.98. The van der Waals surface area contributed by atoms with Crippen LogP contribution in [0.2, 0.25) is 0 Å². The first-order valence-electron chi connectivity index (χ1n) is 6.17. The number of benzene rings is 1. The van der Waals surface area contributed by atoms with Gasteiger partial charge in [-0.25, -0.2) is 0 Å². The van der Waals surface area contributed by atoms with Crippen molar-refractivity contribution in [2.75, 3.05) is 19.8 Å². The molecule has 0 aliphatic carbocycles. The summed E-state index contributed by atoms with van der Waals surface area (Å²) in [6.07, 6.45) is 1.21. The second-order valence-corrected chi connectivity index (χ2v) is 5.18. The van der Waals surface area contributed by atoms with E-state index in [0.29, 0.717) is 6.54 Å². The molecule has 0 amide bonds. The molecule has 0 aromatic heterocycles. The van der Waals surface area contributed by atoms with Crippen LogP contribution >= 0.6 is 0 Å². The maximum absolute atomic E-state index is 5.81. The van der Waals surface area contributed by atoms with Crippen LogP contribution in [0, 0.1) is 5.41 Å². The Morgan fingerprint density at radius 3 is 2.35 bits per heavy atom. The smallest absolute Gasteiger partial charge is 0.119 e. The quantitative estimate of drug-likeness (QED) is 0.849. The van der Waals surface area contributed by atoms with Crippen molar-refractivity contribution in [2.24, 2.45) is 11.1 Å². The highest BCUT2D eigenvalue weighted by Crippen LogP contribution is 2.31. The Morgan fingerprint density at radius 2 is 1.94 bits per heavy atom. The summed E-state index contributed by atoms with van der Waals surface area (Å²) in [5.74, 6) is 0.926. The summed E-state index contributed by atoms with van der Waals surface area (Å²) < 4.78 is 10.9. The van der Waals surface area contributed by atoms with Crippen molar-refractivity contribution in [1.29, 1.82) is 0 Å². The highest BCUT2D eigenvalue weighted by Gasteiger charge is 2.37. The Hall–Kier alpha value is -1.06. The molecule has 1 aromatic rings. The van der Waals surface area contributed by atoms with Crippen molar-refractivity contribution in [1.82, 2.24) is 0 Å². The van der Waals surface area contributed by atoms with Crippen LogP contribution in [0.5, 0.6) is 5.75 Å². The van der Waals surface area contributed by atoms with Crippen LogP contribution < -0.4 is 10.5 Å². The normalized spacial score (nSPS) is 17.9. The third-order valence-corrected chi connectivity index (χ3v) is 3.12. The molecular formula is C14H21NO2. The van der Waals surface area contributed by atoms with Crippen molar-refractivity contribution < 1.29 is 9.47 Å². The minimum Gasteiger partial charge on any atom is -0.491 e. The van der Waals surface area contributed by atoms with Crippen molar-refractivity contribution in [3.8, 4) is 5.75 Å². The highest BCUT2D eigenvalue weighted by molar-refractivity contribution is 5.28. The number of ether oxygens (including phenoxy) is 2. The van der Waals surface area contributed by atoms with Gasteiger partial charge in [-0.1, -0.05) is 12.1 Å². The van der Waals surface area contributed by atoms with E-state index < -0.39 is 0 Å². The predicted molar refractivity (Wildman–Crippen MR) is 68.2 cm³/mol. The Bertz CT molecular complexity index is 349. The summed E-state index contributed by atoms with van der Waals surface area (Å²) in [6, 6.07) is 8.29. The Labute approximate surface area is 103 Å². The molecule has 3 heteroatoms. The molecule has 0 spiro atoms. The van der Waals surface area contributed by atoms with Gasteiger partial charge in [0.1, 0.15) is 5.75 Å². The summed E-state index contributed by atoms with van der Waals surface area (Å²) in [5, 5.41) is 0. The molecule has 3 nitrogen and oxygen atoms in total. The molecule has 0 radical (unpaired) electrons. The van der Waals surface area contributed by atoms with Crippen molar-refractivity contribution >= 4 is 0 Å². The molecule has 1 aromatic carbocycles. The summed E-state index contributed by atoms with van der Waals surface area (Å²) in [4.78, 5) is 0. The maximum atomic E-state index is 5.81. The number of rotatable bonds is 5. The molecule has 1 saturated heterocycles. The number of hydrogen-bond acceptors (Lipinski definition) is 3. The first-order chi connectivity index (χ1) is 8.13. The zero-order chi connectivity index (χ0) is 12.3. The zero-order valence-corrected chi connectivity index (χ0v) is 10.6. The van der Waals surface area contributed by atoms with Gasteiger partial charge in [0.05, 0.1) is 19.3 Å². The van der Waals surface area contributed by atoms with E-state index in [-0.39, 0.29) is 11.5 Å². The van der Waals surface area contributed by atoms with E-state index in [1.54, 1.807) is 0 Å². The van der Waals surface area contributed by atoms with Crippen LogP contribution in [-0.2, 0) is 11.2 Å². The monoisotopic (exact) mass is 235 g/mol. The minimum absolute atomic E-state index is 0.167. The van der Waals surface area contributed by atoms with Crippen LogP contribution in [0.1, 0.15) is 19.4 Å². The van der Waals surface area contributed by atoms with Crippen molar-refractivity contribution in [3.63, 3.8) is 0 Å². The van der Waals surface area contributed by atoms with Gasteiger partial charge >= 0.3 is 0 Å². The van der Waals surface area contributed by atoms with Gasteiger partial charge in [-0.05, 0) is 38.0 Å². The average molecular weight is 235 g/mol. The van der Waals surface area contributed by atoms with E-state index in [4.69, 9.17) is 15.2 Å². The highest BCUT2D eigenvalue weighted by atomic mass is 16.5. The molecule has 1 aliphatic heterocycles. The lowest BCUT2D eigenvalue weighted by atomic mass is 9.80. The third-order valence-electron chi connectivity index (χ3n) is 3.12. The molecule has 1 fully saturated rings. The van der Waals surface area contributed by atoms with Crippen LogP contribution in [-0.4, -0.2) is 25.9 Å². The second kappa shape index (κ2) is 5.07. The fourth-order valence-electron chi connectivity index (χ4n) is 2.07. The van der Waals surface area contributed by atoms with Gasteiger partial charge in [-0.3, -0.25) is 0 Å². The summed E-state index contributed by atoms with van der Waals surface area (Å²) in [5.41, 5.74) is 7.28. The zero-order valence-electron chi connectivity index (χ0n) is 10.6. The summed E-state index contributed by atoms with van der Waals surface area (Å²) in [6.45, 7) is 6.32. The molecule has 0 saturated carbocycles. The van der Waals surface area contributed by atoms with Crippen LogP contribution in [0.3, 0.4) is 0 Å². The fraction of sp³-hybridized carbons (Fsp3) is 0.571. The molecule has 17 heavy (non-hydrogen) atoms. The summed E-state index contributed by atoms with van der Waals surface area (Å²) in [7, 11) is 0. The molecule has 0 bridgehead atoms. The van der Waals surface area contributed by atoms with Gasteiger partial charge in [-0.15, -0.1) is 0 Å². The lowest BCUT2D eigenvalue weighted by molar-refractivity contribution is -0.106. The molecule has 2 N–H and O–H groups in total. The van der Waals surface area contributed by atoms with Gasteiger partial charge in [0.15, 0.2) is 0 Å². The molecule has 0 atom stereocenters. The van der Waals surface area contributed by atoms with Gasteiger partial charge < -0.3 is 15.2 Å². The van der Waals surface area contributed by atoms with E-state index in [0.717, 1.165) is 25.4 Å². The molecule has 94 valence electrons. The van der Waals surface area contributed by atoms with E-state index in [9.17, 15) is 0 Å². The molecule has 1 aliphatic rings. The number of nitrogens with two attached hydrogens (primary N) is 1. The third kappa shape index (κ3) is 2.99. The topological polar surface area (TPSA) is 44.5 Å². The van der Waals surface area contributed by atoms with Crippen LogP contribution in [0.25, 0.3) is 0 Å². The van der Waals surface area contributed by atoms with E-state index >= 15 is 0 Å². The van der Waals surface area contributed by atoms with Gasteiger partial charge in [-0.2, -0.15) is 0 Å². The first kappa shape index (κ1) is 12.4. The van der Waals surface area contributed by atoms with Crippen molar-refractivity contribution in [3.05, 3.63) is 29.8 Å². The fourth-order valence-corrected chi connectivity index (χ4v) is 2.07. The molecule has 2 rings (SSSR count). The number of hydrogen-bond donors (Lipinski definition) is 1. The molecular weight excluding hydrogens is 214 g/mol. The predicted octanol–water partition coefficient (Wildman–Crippen LogP) is 1.99. The second-order valence-electron chi connectivity index (χ2n) is 5.18. The largest absolute Gasteiger partial charge is 0.491 e. The SMILES string of the molecule is CC(C)Oc1ccc(CC2(CN)COC2)cc1. The van der Waals surface area contributed by atoms with Crippen LogP contribution in [0.15, 0.2) is 24.3 Å². The maximum Gasteiger partial charge on any atom is 0.119 e. The van der Waals surface area contributed by atoms with Crippen molar-refractivity contribution in [2.45, 2.75) is 26.4 Å². The average Bonchev–Trinajstić information content (AvgIpc) is 2.25. The molecule has 0 unspecified atom stereocenters. The van der Waals surface area contributed by atoms with Gasteiger partial charge in [0.2, 0.25) is 0 Å². The first-order valence-corrected chi connectivity index (χ1v) is 6.17. The standard InChI is InChI=1S/C14H21NO2/c1-11(2)17-13-5-3-12(4-6-13)7-14(8-15)9-16-10-14/h3-6,11H,7-10,15H2,1-2H3. The lowest BCUT2D eigenvalue weighted by Crippen LogP contribution is -2.49. The Kier molecular flexibility index (Phi) is 3.69. The van der Waals surface area contributed by atoms with E-state index in [1.807, 2.05) is 26.0 Å². The van der Waals surface area contributed by atoms with E-state index in [1.165, 1.54) is 5.56 Å². The minimum atomic E-state index is 0.167. The van der Waals surface area contributed by atoms with E-state index in [2.05, 4.69) is 12.1 Å². The summed E-state index contributed by atoms with van der Waals surface area (Å²) >= 11 is 0. The molecule has 1 heterocycles. The lowest BCUT2D eigenvalue weighted by Gasteiger charge is -2.40. The van der Waals surface area contributed by atoms with Gasteiger partial charge in [0.25, 0.3) is 0 Å².